The van der Waals surface area contributed by atoms with Crippen LogP contribution < -0.4 is 5.32 Å². The largest absolute Gasteiger partial charge is 0.478 e. The van der Waals surface area contributed by atoms with Crippen LogP contribution in [0.3, 0.4) is 0 Å². The van der Waals surface area contributed by atoms with Crippen LogP contribution in [-0.2, 0) is 13.6 Å². The van der Waals surface area contributed by atoms with Crippen molar-refractivity contribution >= 4 is 5.97 Å². The van der Waals surface area contributed by atoms with E-state index in [0.29, 0.717) is 18.1 Å². The molecule has 7 heteroatoms. The summed E-state index contributed by atoms with van der Waals surface area (Å²) in [6.45, 7) is 4.11. The summed E-state index contributed by atoms with van der Waals surface area (Å²) in [7, 11) is 1.71. The number of aromatic nitrogens is 3. The lowest BCUT2D eigenvalue weighted by molar-refractivity contribution is 0.0695. The van der Waals surface area contributed by atoms with Gasteiger partial charge in [0.2, 0.25) is 5.89 Å². The average molecular weight is 264 g/mol. The number of nitrogens with zero attached hydrogens (tertiary/aromatic N) is 3. The molecule has 0 radical (unpaired) electrons. The highest BCUT2D eigenvalue weighted by molar-refractivity contribution is 5.88. The predicted octanol–water partition coefficient (Wildman–Crippen LogP) is 1.27. The van der Waals surface area contributed by atoms with Gasteiger partial charge in [-0.05, 0) is 13.8 Å². The van der Waals surface area contributed by atoms with E-state index in [-0.39, 0.29) is 11.6 Å². The summed E-state index contributed by atoms with van der Waals surface area (Å²) < 4.78 is 6.96. The summed E-state index contributed by atoms with van der Waals surface area (Å²) in [6.07, 6.45) is 3.00. The number of rotatable bonds is 5. The van der Waals surface area contributed by atoms with E-state index >= 15 is 0 Å². The summed E-state index contributed by atoms with van der Waals surface area (Å²) >= 11 is 0. The van der Waals surface area contributed by atoms with E-state index in [2.05, 4.69) is 15.4 Å². The lowest BCUT2D eigenvalue weighted by atomic mass is 10.2. The number of aryl methyl sites for hydroxylation is 2. The summed E-state index contributed by atoms with van der Waals surface area (Å²) in [4.78, 5) is 15.2. The fourth-order valence-electron chi connectivity index (χ4n) is 1.76. The van der Waals surface area contributed by atoms with E-state index in [0.717, 1.165) is 5.76 Å². The number of nitrogens with one attached hydrogen (secondary N) is 1. The number of aromatic carboxylic acids is 1. The normalized spacial score (nSPS) is 12.6. The van der Waals surface area contributed by atoms with Crippen LogP contribution in [0.1, 0.15) is 40.7 Å². The molecule has 0 bridgehead atoms. The number of carboxylic acids is 1. The van der Waals surface area contributed by atoms with Crippen molar-refractivity contribution in [2.45, 2.75) is 26.4 Å². The number of hydrogen-bond donors (Lipinski definition) is 2. The van der Waals surface area contributed by atoms with E-state index < -0.39 is 5.97 Å². The Morgan fingerprint density at radius 2 is 2.32 bits per heavy atom. The molecule has 0 aliphatic heterocycles. The Balaban J connectivity index is 2.06. The van der Waals surface area contributed by atoms with Crippen molar-refractivity contribution < 1.29 is 14.3 Å². The fourth-order valence-corrected chi connectivity index (χ4v) is 1.76. The molecule has 2 N–H and O–H groups in total. The smallest absolute Gasteiger partial charge is 0.339 e. The Morgan fingerprint density at radius 1 is 1.58 bits per heavy atom. The van der Waals surface area contributed by atoms with Gasteiger partial charge in [-0.3, -0.25) is 4.68 Å². The molecule has 2 rings (SSSR count). The van der Waals surface area contributed by atoms with Gasteiger partial charge in [0.1, 0.15) is 11.3 Å². The summed E-state index contributed by atoms with van der Waals surface area (Å²) in [5.41, 5.74) is 0.813. The monoisotopic (exact) mass is 264 g/mol. The standard InChI is InChI=1S/C12H16N4O3/c1-7-4-14-11(19-7)8(2)13-6-10-9(12(17)18)5-15-16(10)3/h4-5,8,13H,6H2,1-3H3,(H,17,18). The minimum absolute atomic E-state index is 0.106. The van der Waals surface area contributed by atoms with Crippen molar-refractivity contribution in [1.82, 2.24) is 20.1 Å². The van der Waals surface area contributed by atoms with Gasteiger partial charge in [-0.15, -0.1) is 0 Å². The van der Waals surface area contributed by atoms with Gasteiger partial charge in [-0.2, -0.15) is 5.10 Å². The molecule has 1 unspecified atom stereocenters. The number of oxazole rings is 1. The van der Waals surface area contributed by atoms with E-state index in [1.807, 2.05) is 13.8 Å². The molecule has 102 valence electrons. The fraction of sp³-hybridized carbons (Fsp3) is 0.417. The third-order valence-electron chi connectivity index (χ3n) is 2.88. The maximum absolute atomic E-state index is 11.0. The second kappa shape index (κ2) is 5.23. The molecule has 0 aromatic carbocycles. The SMILES string of the molecule is Cc1cnc(C(C)NCc2c(C(=O)O)cnn2C)o1. The predicted molar refractivity (Wildman–Crippen MR) is 66.7 cm³/mol. The maximum Gasteiger partial charge on any atom is 0.339 e. The van der Waals surface area contributed by atoms with Crippen LogP contribution in [0.25, 0.3) is 0 Å². The van der Waals surface area contributed by atoms with Crippen LogP contribution in [0.4, 0.5) is 0 Å². The van der Waals surface area contributed by atoms with Gasteiger partial charge in [-0.1, -0.05) is 0 Å². The van der Waals surface area contributed by atoms with Gasteiger partial charge in [0.25, 0.3) is 0 Å². The lowest BCUT2D eigenvalue weighted by Crippen LogP contribution is -2.21. The average Bonchev–Trinajstić information content (AvgIpc) is 2.93. The van der Waals surface area contributed by atoms with Crippen molar-refractivity contribution in [2.24, 2.45) is 7.05 Å². The number of carbonyl (C=O) groups is 1. The number of carboxylic acid groups (broad SMARTS) is 1. The molecule has 0 fully saturated rings. The molecule has 0 spiro atoms. The van der Waals surface area contributed by atoms with E-state index in [1.165, 1.54) is 6.20 Å². The first-order valence-corrected chi connectivity index (χ1v) is 5.89. The zero-order valence-corrected chi connectivity index (χ0v) is 11.0. The van der Waals surface area contributed by atoms with Crippen LogP contribution >= 0.6 is 0 Å². The molecule has 1 atom stereocenters. The highest BCUT2D eigenvalue weighted by Gasteiger charge is 2.17. The third kappa shape index (κ3) is 2.82. The van der Waals surface area contributed by atoms with Crippen LogP contribution in [0.5, 0.6) is 0 Å². The number of hydrogen-bond acceptors (Lipinski definition) is 5. The van der Waals surface area contributed by atoms with E-state index in [4.69, 9.17) is 9.52 Å². The van der Waals surface area contributed by atoms with Crippen molar-refractivity contribution in [3.8, 4) is 0 Å². The van der Waals surface area contributed by atoms with Crippen LogP contribution in [0.15, 0.2) is 16.8 Å². The van der Waals surface area contributed by atoms with E-state index in [1.54, 1.807) is 17.9 Å². The summed E-state index contributed by atoms with van der Waals surface area (Å²) in [5, 5.41) is 16.2. The summed E-state index contributed by atoms with van der Waals surface area (Å²) in [6, 6.07) is -0.106. The topological polar surface area (TPSA) is 93.2 Å². The molecule has 0 aliphatic rings. The Hall–Kier alpha value is -2.15. The van der Waals surface area contributed by atoms with Crippen molar-refractivity contribution in [1.29, 1.82) is 0 Å². The first kappa shape index (κ1) is 13.3. The molecule has 2 aromatic heterocycles. The van der Waals surface area contributed by atoms with Gasteiger partial charge < -0.3 is 14.8 Å². The molecule has 7 nitrogen and oxygen atoms in total. The van der Waals surface area contributed by atoms with Crippen LogP contribution in [0, 0.1) is 6.92 Å². The van der Waals surface area contributed by atoms with Crippen LogP contribution in [-0.4, -0.2) is 25.8 Å². The molecular formula is C12H16N4O3. The van der Waals surface area contributed by atoms with Gasteiger partial charge in [0.15, 0.2) is 0 Å². The Kier molecular flexibility index (Phi) is 3.66. The minimum Gasteiger partial charge on any atom is -0.478 e. The van der Waals surface area contributed by atoms with Gasteiger partial charge in [0, 0.05) is 13.6 Å². The van der Waals surface area contributed by atoms with Gasteiger partial charge >= 0.3 is 5.97 Å². The molecule has 0 saturated carbocycles. The molecule has 2 heterocycles. The van der Waals surface area contributed by atoms with Gasteiger partial charge in [-0.25, -0.2) is 9.78 Å². The Bertz CT molecular complexity index is 588. The molecule has 0 aliphatic carbocycles. The molecule has 0 saturated heterocycles. The van der Waals surface area contributed by atoms with Gasteiger partial charge in [0.05, 0.1) is 24.1 Å². The second-order valence-corrected chi connectivity index (χ2v) is 4.35. The minimum atomic E-state index is -0.982. The highest BCUT2D eigenvalue weighted by Crippen LogP contribution is 2.14. The lowest BCUT2D eigenvalue weighted by Gasteiger charge is -2.11. The zero-order valence-electron chi connectivity index (χ0n) is 11.0. The summed E-state index contributed by atoms with van der Waals surface area (Å²) in [5.74, 6) is 0.344. The van der Waals surface area contributed by atoms with Crippen molar-refractivity contribution in [3.05, 3.63) is 35.3 Å². The quantitative estimate of drug-likeness (QED) is 0.844. The maximum atomic E-state index is 11.0. The Morgan fingerprint density at radius 3 is 2.89 bits per heavy atom. The second-order valence-electron chi connectivity index (χ2n) is 4.35. The zero-order chi connectivity index (χ0) is 14.0. The molecular weight excluding hydrogens is 248 g/mol. The van der Waals surface area contributed by atoms with Crippen LogP contribution in [0.2, 0.25) is 0 Å². The first-order valence-electron chi connectivity index (χ1n) is 5.89. The Labute approximate surface area is 110 Å². The molecule has 2 aromatic rings. The first-order chi connectivity index (χ1) is 8.99. The molecule has 19 heavy (non-hydrogen) atoms. The molecule has 0 amide bonds. The highest BCUT2D eigenvalue weighted by atomic mass is 16.4. The van der Waals surface area contributed by atoms with E-state index in [9.17, 15) is 4.79 Å². The van der Waals surface area contributed by atoms with Crippen molar-refractivity contribution in [2.75, 3.05) is 0 Å². The van der Waals surface area contributed by atoms with Crippen molar-refractivity contribution in [3.63, 3.8) is 0 Å². The third-order valence-corrected chi connectivity index (χ3v) is 2.88.